The fourth-order valence-electron chi connectivity index (χ4n) is 1.06. The van der Waals surface area contributed by atoms with Crippen molar-refractivity contribution < 1.29 is 12.8 Å². The third-order valence-electron chi connectivity index (χ3n) is 1.90. The number of hydrogen-bond acceptors (Lipinski definition) is 2. The second-order valence-electron chi connectivity index (χ2n) is 3.04. The Morgan fingerprint density at radius 1 is 1.56 bits per heavy atom. The first-order valence-electron chi connectivity index (χ1n) is 4.24. The number of nitrogens with zero attached hydrogens (tertiary/aromatic N) is 1. The zero-order chi connectivity index (χ0) is 12.3. The third kappa shape index (κ3) is 2.53. The Balaban J connectivity index is 3.28. The van der Waals surface area contributed by atoms with E-state index in [9.17, 15) is 12.8 Å². The summed E-state index contributed by atoms with van der Waals surface area (Å²) < 4.78 is 37.6. The molecule has 0 atom stereocenters. The lowest BCUT2D eigenvalue weighted by molar-refractivity contribution is 0.501. The average Bonchev–Trinajstić information content (AvgIpc) is 2.22. The van der Waals surface area contributed by atoms with E-state index >= 15 is 0 Å². The summed E-state index contributed by atoms with van der Waals surface area (Å²) in [6.07, 6.45) is 5.01. The van der Waals surface area contributed by atoms with E-state index in [0.717, 1.165) is 16.4 Å². The molecule has 0 heterocycles. The highest BCUT2D eigenvalue weighted by molar-refractivity contribution is 7.89. The summed E-state index contributed by atoms with van der Waals surface area (Å²) in [5, 5.41) is -0.0368. The predicted molar refractivity (Wildman–Crippen MR) is 60.1 cm³/mol. The molecule has 0 amide bonds. The number of hydrogen-bond donors (Lipinski definition) is 0. The zero-order valence-electron chi connectivity index (χ0n) is 8.44. The van der Waals surface area contributed by atoms with E-state index < -0.39 is 15.8 Å². The van der Waals surface area contributed by atoms with E-state index in [-0.39, 0.29) is 16.5 Å². The Hall–Kier alpha value is -1.09. The third-order valence-corrected chi connectivity index (χ3v) is 4.18. The normalized spacial score (nSPS) is 11.4. The van der Waals surface area contributed by atoms with Gasteiger partial charge in [0.2, 0.25) is 10.0 Å². The van der Waals surface area contributed by atoms with Crippen molar-refractivity contribution in [3.05, 3.63) is 29.0 Å². The van der Waals surface area contributed by atoms with Gasteiger partial charge < -0.3 is 0 Å². The first-order chi connectivity index (χ1) is 7.39. The molecule has 1 aromatic carbocycles. The van der Waals surface area contributed by atoms with Crippen molar-refractivity contribution in [1.29, 1.82) is 0 Å². The van der Waals surface area contributed by atoms with E-state index in [0.29, 0.717) is 0 Å². The predicted octanol–water partition coefficient (Wildman–Crippen LogP) is 1.73. The lowest BCUT2D eigenvalue weighted by atomic mass is 10.3. The average molecular weight is 262 g/mol. The summed E-state index contributed by atoms with van der Waals surface area (Å²) >= 11 is 5.70. The molecule has 6 heteroatoms. The molecule has 16 heavy (non-hydrogen) atoms. The van der Waals surface area contributed by atoms with Gasteiger partial charge in [0.1, 0.15) is 10.7 Å². The number of sulfonamides is 1. The summed E-state index contributed by atoms with van der Waals surface area (Å²) in [5.41, 5.74) is 0. The van der Waals surface area contributed by atoms with Gasteiger partial charge in [-0.3, -0.25) is 0 Å². The second-order valence-corrected chi connectivity index (χ2v) is 5.46. The van der Waals surface area contributed by atoms with Crippen LogP contribution < -0.4 is 0 Å². The number of benzene rings is 1. The fourth-order valence-corrected chi connectivity index (χ4v) is 2.62. The Bertz CT molecular complexity index is 536. The van der Waals surface area contributed by atoms with Gasteiger partial charge in [-0.15, -0.1) is 6.42 Å². The van der Waals surface area contributed by atoms with Crippen molar-refractivity contribution in [2.45, 2.75) is 4.90 Å². The maximum Gasteiger partial charge on any atom is 0.245 e. The van der Waals surface area contributed by atoms with Gasteiger partial charge in [0, 0.05) is 7.05 Å². The van der Waals surface area contributed by atoms with Crippen LogP contribution in [0.5, 0.6) is 0 Å². The van der Waals surface area contributed by atoms with Gasteiger partial charge in [-0.05, 0) is 18.2 Å². The number of terminal acetylenes is 1. The lowest BCUT2D eigenvalue weighted by Crippen LogP contribution is -2.27. The first-order valence-corrected chi connectivity index (χ1v) is 6.06. The van der Waals surface area contributed by atoms with Crippen molar-refractivity contribution >= 4 is 21.6 Å². The molecule has 0 aliphatic heterocycles. The number of rotatable bonds is 3. The molecule has 0 bridgehead atoms. The monoisotopic (exact) mass is 261 g/mol. The van der Waals surface area contributed by atoms with Crippen molar-refractivity contribution in [1.82, 2.24) is 4.31 Å². The molecule has 0 saturated heterocycles. The largest absolute Gasteiger partial charge is 0.245 e. The molecule has 0 spiro atoms. The Morgan fingerprint density at radius 2 is 2.19 bits per heavy atom. The molecule has 0 saturated carbocycles. The van der Waals surface area contributed by atoms with Gasteiger partial charge in [-0.2, -0.15) is 4.31 Å². The van der Waals surface area contributed by atoms with E-state index in [1.807, 2.05) is 0 Å². The molecule has 0 aliphatic rings. The molecule has 3 nitrogen and oxygen atoms in total. The van der Waals surface area contributed by atoms with Crippen LogP contribution in [-0.4, -0.2) is 26.3 Å². The summed E-state index contributed by atoms with van der Waals surface area (Å²) in [6.45, 7) is -0.102. The van der Waals surface area contributed by atoms with Crippen LogP contribution in [0, 0.1) is 18.2 Å². The molecule has 0 fully saturated rings. The minimum Gasteiger partial charge on any atom is -0.207 e. The van der Waals surface area contributed by atoms with Gasteiger partial charge >= 0.3 is 0 Å². The Labute approximate surface area is 98.9 Å². The summed E-state index contributed by atoms with van der Waals surface area (Å²) in [7, 11) is -2.53. The van der Waals surface area contributed by atoms with Gasteiger partial charge in [0.15, 0.2) is 0 Å². The van der Waals surface area contributed by atoms with Crippen molar-refractivity contribution in [3.63, 3.8) is 0 Å². The SMILES string of the molecule is C#CCN(C)S(=O)(=O)c1cc(F)ccc1Cl. The van der Waals surface area contributed by atoms with Crippen molar-refractivity contribution in [2.24, 2.45) is 0 Å². The van der Waals surface area contributed by atoms with Crippen LogP contribution >= 0.6 is 11.6 Å². The standard InChI is InChI=1S/C10H9ClFNO2S/c1-3-6-13(2)16(14,15)10-7-8(12)4-5-9(10)11/h1,4-5,7H,6H2,2H3. The molecule has 0 radical (unpaired) electrons. The molecule has 1 aromatic rings. The lowest BCUT2D eigenvalue weighted by Gasteiger charge is -2.15. The molecule has 0 aromatic heterocycles. The molecule has 0 aliphatic carbocycles. The number of halogens is 2. The van der Waals surface area contributed by atoms with Crippen LogP contribution in [0.4, 0.5) is 4.39 Å². The van der Waals surface area contributed by atoms with Crippen molar-refractivity contribution in [3.8, 4) is 12.3 Å². The highest BCUT2D eigenvalue weighted by atomic mass is 35.5. The van der Waals surface area contributed by atoms with Crippen molar-refractivity contribution in [2.75, 3.05) is 13.6 Å². The molecule has 86 valence electrons. The van der Waals surface area contributed by atoms with E-state index in [1.54, 1.807) is 0 Å². The van der Waals surface area contributed by atoms with Gasteiger partial charge in [-0.1, -0.05) is 17.5 Å². The smallest absolute Gasteiger partial charge is 0.207 e. The van der Waals surface area contributed by atoms with Crippen LogP contribution in [-0.2, 0) is 10.0 Å². The summed E-state index contributed by atoms with van der Waals surface area (Å²) in [4.78, 5) is -0.285. The molecule has 0 unspecified atom stereocenters. The van der Waals surface area contributed by atoms with Crippen LogP contribution in [0.25, 0.3) is 0 Å². The minimum absolute atomic E-state index is 0.0368. The molecular weight excluding hydrogens is 253 g/mol. The summed E-state index contributed by atoms with van der Waals surface area (Å²) in [5.74, 6) is 1.52. The van der Waals surface area contributed by atoms with Crippen LogP contribution in [0.1, 0.15) is 0 Å². The van der Waals surface area contributed by atoms with E-state index in [2.05, 4.69) is 5.92 Å². The van der Waals surface area contributed by atoms with E-state index in [1.165, 1.54) is 13.1 Å². The highest BCUT2D eigenvalue weighted by Gasteiger charge is 2.23. The van der Waals surface area contributed by atoms with Crippen LogP contribution in [0.3, 0.4) is 0 Å². The molecule has 1 rings (SSSR count). The zero-order valence-corrected chi connectivity index (χ0v) is 10.0. The maximum atomic E-state index is 12.9. The van der Waals surface area contributed by atoms with Gasteiger partial charge in [0.25, 0.3) is 0 Å². The Kier molecular flexibility index (Phi) is 3.92. The highest BCUT2D eigenvalue weighted by Crippen LogP contribution is 2.24. The molecular formula is C10H9ClFNO2S. The summed E-state index contributed by atoms with van der Waals surface area (Å²) in [6, 6.07) is 3.14. The quantitative estimate of drug-likeness (QED) is 0.777. The molecule has 0 N–H and O–H groups in total. The topological polar surface area (TPSA) is 37.4 Å². The van der Waals surface area contributed by atoms with Crippen LogP contribution in [0.2, 0.25) is 5.02 Å². The van der Waals surface area contributed by atoms with Gasteiger partial charge in [-0.25, -0.2) is 12.8 Å². The maximum absolute atomic E-state index is 12.9. The van der Waals surface area contributed by atoms with E-state index in [4.69, 9.17) is 18.0 Å². The van der Waals surface area contributed by atoms with Crippen LogP contribution in [0.15, 0.2) is 23.1 Å². The first kappa shape index (κ1) is 13.0. The minimum atomic E-state index is -3.84. The Morgan fingerprint density at radius 3 is 2.75 bits per heavy atom. The fraction of sp³-hybridized carbons (Fsp3) is 0.200. The van der Waals surface area contributed by atoms with Gasteiger partial charge in [0.05, 0.1) is 11.6 Å². The second kappa shape index (κ2) is 4.83.